The average Bonchev–Trinajstić information content (AvgIpc) is 3.51. The normalized spacial score (nSPS) is 34.5. The van der Waals surface area contributed by atoms with E-state index in [1.165, 1.54) is 19.8 Å². The first kappa shape index (κ1) is 21.4. The summed E-state index contributed by atoms with van der Waals surface area (Å²) in [4.78, 5) is 39.1. The van der Waals surface area contributed by atoms with Gasteiger partial charge in [-0.3, -0.25) is 19.3 Å². The Bertz CT molecular complexity index is 991. The van der Waals surface area contributed by atoms with Gasteiger partial charge >= 0.3 is 5.97 Å². The number of carboxylic acids is 1. The summed E-state index contributed by atoms with van der Waals surface area (Å²) >= 11 is 0. The predicted molar refractivity (Wildman–Crippen MR) is 114 cm³/mol. The van der Waals surface area contributed by atoms with Crippen LogP contribution in [0.3, 0.4) is 0 Å². The molecular formula is C24H30N2O6. The zero-order valence-corrected chi connectivity index (χ0v) is 18.2. The van der Waals surface area contributed by atoms with Gasteiger partial charge < -0.3 is 20.6 Å². The van der Waals surface area contributed by atoms with Crippen LogP contribution in [0.4, 0.5) is 0 Å². The summed E-state index contributed by atoms with van der Waals surface area (Å²) in [5.41, 5.74) is -0.0580. The van der Waals surface area contributed by atoms with Crippen molar-refractivity contribution in [1.82, 2.24) is 10.2 Å². The SMILES string of the molecule is C[C@H](NC(=O)C[C@H]1C[C@@]2(O)[C@H]3Cc4ccc(O)cc4C2(CC1=O)CN3CC1CC1)C(=O)O. The number of phenolic OH excluding ortho intramolecular Hbond substituents is 1. The quantitative estimate of drug-likeness (QED) is 0.517. The number of Topliss-reactive ketones (excluding diaryl/α,β-unsaturated/α-hetero) is 1. The number of carbonyl (C=O) groups is 3. The number of likely N-dealkylation sites (tertiary alicyclic amines) is 1. The molecule has 0 radical (unpaired) electrons. The summed E-state index contributed by atoms with van der Waals surface area (Å²) in [5, 5.41) is 33.8. The van der Waals surface area contributed by atoms with Gasteiger partial charge in [0.25, 0.3) is 0 Å². The first-order valence-corrected chi connectivity index (χ1v) is 11.5. The van der Waals surface area contributed by atoms with Crippen molar-refractivity contribution in [2.75, 3.05) is 13.1 Å². The van der Waals surface area contributed by atoms with Crippen LogP contribution in [0.15, 0.2) is 18.2 Å². The Morgan fingerprint density at radius 3 is 2.75 bits per heavy atom. The van der Waals surface area contributed by atoms with Gasteiger partial charge in [0.15, 0.2) is 0 Å². The molecule has 1 aromatic carbocycles. The third-order valence-corrected chi connectivity index (χ3v) is 8.17. The second kappa shape index (κ2) is 7.28. The number of benzene rings is 1. The van der Waals surface area contributed by atoms with E-state index in [2.05, 4.69) is 10.2 Å². The van der Waals surface area contributed by atoms with Gasteiger partial charge in [0, 0.05) is 43.3 Å². The minimum Gasteiger partial charge on any atom is -0.508 e. The fourth-order valence-corrected chi connectivity index (χ4v) is 6.39. The molecule has 1 heterocycles. The highest BCUT2D eigenvalue weighted by atomic mass is 16.4. The summed E-state index contributed by atoms with van der Waals surface area (Å²) in [5.74, 6) is -1.62. The molecule has 4 aliphatic rings. The van der Waals surface area contributed by atoms with Crippen LogP contribution in [-0.4, -0.2) is 68.7 Å². The smallest absolute Gasteiger partial charge is 0.325 e. The molecule has 2 bridgehead atoms. The van der Waals surface area contributed by atoms with Crippen molar-refractivity contribution in [3.05, 3.63) is 29.3 Å². The molecule has 2 saturated carbocycles. The molecule has 5 rings (SSSR count). The number of hydrogen-bond acceptors (Lipinski definition) is 6. The molecule has 1 saturated heterocycles. The first-order valence-electron chi connectivity index (χ1n) is 11.5. The summed E-state index contributed by atoms with van der Waals surface area (Å²) < 4.78 is 0. The number of ketones is 1. The Balaban J connectivity index is 1.46. The van der Waals surface area contributed by atoms with Gasteiger partial charge in [-0.05, 0) is 61.8 Å². The fraction of sp³-hybridized carbons (Fsp3) is 0.625. The number of nitrogens with one attached hydrogen (secondary N) is 1. The fourth-order valence-electron chi connectivity index (χ4n) is 6.39. The number of aliphatic carboxylic acids is 1. The number of amides is 1. The molecule has 1 unspecified atom stereocenters. The number of carboxylic acid groups (broad SMARTS) is 1. The second-order valence-corrected chi connectivity index (χ2v) is 10.3. The lowest BCUT2D eigenvalue weighted by Crippen LogP contribution is -2.63. The summed E-state index contributed by atoms with van der Waals surface area (Å²) in [6, 6.07) is 4.08. The lowest BCUT2D eigenvalue weighted by molar-refractivity contribution is -0.146. The van der Waals surface area contributed by atoms with Crippen LogP contribution in [0.1, 0.15) is 50.2 Å². The van der Waals surface area contributed by atoms with Gasteiger partial charge in [-0.25, -0.2) is 0 Å². The van der Waals surface area contributed by atoms with Crippen molar-refractivity contribution < 1.29 is 29.7 Å². The van der Waals surface area contributed by atoms with Crippen LogP contribution in [0.2, 0.25) is 0 Å². The highest BCUT2D eigenvalue weighted by Crippen LogP contribution is 2.60. The van der Waals surface area contributed by atoms with Crippen molar-refractivity contribution in [3.63, 3.8) is 0 Å². The van der Waals surface area contributed by atoms with Crippen LogP contribution in [0.5, 0.6) is 5.75 Å². The van der Waals surface area contributed by atoms with E-state index in [-0.39, 0.29) is 36.8 Å². The summed E-state index contributed by atoms with van der Waals surface area (Å²) in [7, 11) is 0. The molecule has 32 heavy (non-hydrogen) atoms. The Hall–Kier alpha value is -2.45. The average molecular weight is 443 g/mol. The van der Waals surface area contributed by atoms with Crippen LogP contribution in [-0.2, 0) is 26.2 Å². The zero-order valence-electron chi connectivity index (χ0n) is 18.2. The summed E-state index contributed by atoms with van der Waals surface area (Å²) in [6.45, 7) is 2.85. The molecule has 8 nitrogen and oxygen atoms in total. The molecule has 172 valence electrons. The number of carbonyl (C=O) groups excluding carboxylic acids is 2. The number of phenols is 1. The van der Waals surface area contributed by atoms with E-state index in [0.29, 0.717) is 18.9 Å². The molecule has 3 aliphatic carbocycles. The molecule has 1 aromatic rings. The van der Waals surface area contributed by atoms with E-state index in [1.54, 1.807) is 12.1 Å². The number of aromatic hydroxyl groups is 1. The van der Waals surface area contributed by atoms with Crippen molar-refractivity contribution in [1.29, 1.82) is 0 Å². The number of aliphatic hydroxyl groups is 1. The molecule has 5 atom stereocenters. The molecule has 8 heteroatoms. The standard InChI is InChI=1S/C24H30N2O6/c1-13(22(30)31)25-21(29)7-16-9-24(32)20-6-15-4-5-17(27)8-18(15)23(24,10-19(16)28)12-26(20)11-14-2-3-14/h4-5,8,13-14,16,20,27,32H,2-3,6-7,9-12H2,1H3,(H,25,29)(H,30,31)/t13-,16-,20+,23?,24+/m0/s1. The third kappa shape index (κ3) is 3.23. The highest BCUT2D eigenvalue weighted by Gasteiger charge is 2.69. The van der Waals surface area contributed by atoms with E-state index in [1.807, 2.05) is 6.07 Å². The van der Waals surface area contributed by atoms with Crippen molar-refractivity contribution >= 4 is 17.7 Å². The van der Waals surface area contributed by atoms with Crippen molar-refractivity contribution in [2.24, 2.45) is 11.8 Å². The Morgan fingerprint density at radius 1 is 1.31 bits per heavy atom. The van der Waals surface area contributed by atoms with Gasteiger partial charge in [-0.1, -0.05) is 6.07 Å². The first-order chi connectivity index (χ1) is 15.1. The van der Waals surface area contributed by atoms with Gasteiger partial charge in [0.1, 0.15) is 17.6 Å². The van der Waals surface area contributed by atoms with Gasteiger partial charge in [-0.2, -0.15) is 0 Å². The van der Waals surface area contributed by atoms with E-state index in [0.717, 1.165) is 17.7 Å². The van der Waals surface area contributed by atoms with Crippen LogP contribution in [0.25, 0.3) is 0 Å². The molecule has 1 amide bonds. The van der Waals surface area contributed by atoms with Crippen LogP contribution in [0, 0.1) is 11.8 Å². The second-order valence-electron chi connectivity index (χ2n) is 10.3. The highest BCUT2D eigenvalue weighted by molar-refractivity contribution is 5.91. The number of nitrogens with zero attached hydrogens (tertiary/aromatic N) is 1. The molecule has 4 N–H and O–H groups in total. The predicted octanol–water partition coefficient (Wildman–Crippen LogP) is 0.970. The third-order valence-electron chi connectivity index (χ3n) is 8.17. The minimum absolute atomic E-state index is 0.0870. The number of rotatable bonds is 6. The van der Waals surface area contributed by atoms with E-state index in [9.17, 15) is 24.6 Å². The lowest BCUT2D eigenvalue weighted by Gasteiger charge is -2.53. The van der Waals surface area contributed by atoms with E-state index in [4.69, 9.17) is 5.11 Å². The molecule has 0 aromatic heterocycles. The minimum atomic E-state index is -1.18. The molecule has 1 aliphatic heterocycles. The monoisotopic (exact) mass is 442 g/mol. The van der Waals surface area contributed by atoms with Gasteiger partial charge in [-0.15, -0.1) is 0 Å². The lowest BCUT2D eigenvalue weighted by atomic mass is 9.53. The Morgan fingerprint density at radius 2 is 2.06 bits per heavy atom. The van der Waals surface area contributed by atoms with Crippen LogP contribution < -0.4 is 5.32 Å². The van der Waals surface area contributed by atoms with Crippen LogP contribution >= 0.6 is 0 Å². The molecular weight excluding hydrogens is 412 g/mol. The van der Waals surface area contributed by atoms with E-state index >= 15 is 0 Å². The largest absolute Gasteiger partial charge is 0.508 e. The maximum Gasteiger partial charge on any atom is 0.325 e. The van der Waals surface area contributed by atoms with Crippen molar-refractivity contribution in [2.45, 2.75) is 68.5 Å². The van der Waals surface area contributed by atoms with Gasteiger partial charge in [0.05, 0.1) is 5.60 Å². The van der Waals surface area contributed by atoms with E-state index < -0.39 is 34.9 Å². The topological polar surface area (TPSA) is 127 Å². The maximum absolute atomic E-state index is 13.3. The zero-order chi connectivity index (χ0) is 22.8. The Labute approximate surface area is 186 Å². The Kier molecular flexibility index (Phi) is 4.87. The maximum atomic E-state index is 13.3. The molecule has 0 spiro atoms. The molecule has 3 fully saturated rings. The summed E-state index contributed by atoms with van der Waals surface area (Å²) in [6.07, 6.45) is 3.17. The van der Waals surface area contributed by atoms with Crippen molar-refractivity contribution in [3.8, 4) is 5.75 Å². The van der Waals surface area contributed by atoms with Gasteiger partial charge in [0.2, 0.25) is 5.91 Å². The number of fused-ring (bicyclic) bond motifs is 1. The number of hydrogen-bond donors (Lipinski definition) is 4.